The van der Waals surface area contributed by atoms with Crippen LogP contribution < -0.4 is 5.32 Å². The fraction of sp³-hybridized carbons (Fsp3) is 0.444. The van der Waals surface area contributed by atoms with Gasteiger partial charge < -0.3 is 5.32 Å². The molecule has 12 heavy (non-hydrogen) atoms. The second kappa shape index (κ2) is 2.59. The van der Waals surface area contributed by atoms with E-state index in [0.717, 1.165) is 0 Å². The molecule has 1 aliphatic heterocycles. The quantitative estimate of drug-likeness (QED) is 0.659. The first-order valence-electron chi connectivity index (χ1n) is 4.03. The zero-order chi connectivity index (χ0) is 8.72. The van der Waals surface area contributed by atoms with Crippen molar-refractivity contribution in [2.45, 2.75) is 26.3 Å². The van der Waals surface area contributed by atoms with Crippen molar-refractivity contribution >= 4 is 17.2 Å². The summed E-state index contributed by atoms with van der Waals surface area (Å²) in [7, 11) is 0. The summed E-state index contributed by atoms with van der Waals surface area (Å²) in [4.78, 5) is 13.3. The maximum absolute atomic E-state index is 10.7. The first-order chi connectivity index (χ1) is 5.66. The minimum Gasteiger partial charge on any atom is -0.349 e. The lowest BCUT2D eigenvalue weighted by Gasteiger charge is -2.26. The van der Waals surface area contributed by atoms with E-state index in [0.29, 0.717) is 12.5 Å². The molecule has 2 heterocycles. The Kier molecular flexibility index (Phi) is 1.68. The van der Waals surface area contributed by atoms with Gasteiger partial charge in [-0.1, -0.05) is 0 Å². The molecule has 2 nitrogen and oxygen atoms in total. The summed E-state index contributed by atoms with van der Waals surface area (Å²) < 4.78 is 0. The number of amides is 1. The molecular formula is C9H11NOS. The summed E-state index contributed by atoms with van der Waals surface area (Å²) >= 11 is 1.80. The number of thiophene rings is 1. The molecule has 1 unspecified atom stereocenters. The van der Waals surface area contributed by atoms with E-state index < -0.39 is 0 Å². The van der Waals surface area contributed by atoms with E-state index in [2.05, 4.69) is 25.2 Å². The number of hydrogen-bond donors (Lipinski definition) is 1. The molecule has 1 aromatic heterocycles. The molecule has 0 aromatic carbocycles. The molecule has 1 aliphatic rings. The van der Waals surface area contributed by atoms with Gasteiger partial charge in [0.15, 0.2) is 0 Å². The van der Waals surface area contributed by atoms with E-state index in [1.807, 2.05) is 0 Å². The smallest absolute Gasteiger partial charge is 0.222 e. The van der Waals surface area contributed by atoms with Crippen LogP contribution in [0.3, 0.4) is 0 Å². The molecule has 1 aromatic rings. The third-order valence-electron chi connectivity index (χ3n) is 2.18. The van der Waals surface area contributed by atoms with Gasteiger partial charge in [-0.2, -0.15) is 0 Å². The highest BCUT2D eigenvalue weighted by atomic mass is 32.1. The minimum atomic E-state index is 0.170. The highest BCUT2D eigenvalue weighted by Crippen LogP contribution is 2.31. The van der Waals surface area contributed by atoms with Crippen LogP contribution in [0, 0.1) is 13.8 Å². The van der Waals surface area contributed by atoms with Crippen molar-refractivity contribution in [3.05, 3.63) is 21.4 Å². The number of hydrogen-bond acceptors (Lipinski definition) is 2. The van der Waals surface area contributed by atoms with Crippen LogP contribution in [0.4, 0.5) is 0 Å². The van der Waals surface area contributed by atoms with E-state index in [1.54, 1.807) is 11.3 Å². The molecule has 1 amide bonds. The van der Waals surface area contributed by atoms with Crippen LogP contribution in [0.2, 0.25) is 0 Å². The molecular weight excluding hydrogens is 170 g/mol. The average Bonchev–Trinajstić information content (AvgIpc) is 2.23. The Morgan fingerprint density at radius 2 is 2.25 bits per heavy atom. The molecule has 0 radical (unpaired) electrons. The van der Waals surface area contributed by atoms with E-state index in [4.69, 9.17) is 0 Å². The predicted molar refractivity (Wildman–Crippen MR) is 49.3 cm³/mol. The minimum absolute atomic E-state index is 0.170. The normalized spacial score (nSPS) is 21.8. The number of aryl methyl sites for hydroxylation is 2. The number of β-lactam (4-membered cyclic amide) rings is 1. The molecule has 1 fully saturated rings. The largest absolute Gasteiger partial charge is 0.349 e. The van der Waals surface area contributed by atoms with E-state index in [9.17, 15) is 4.79 Å². The Morgan fingerprint density at radius 3 is 2.67 bits per heavy atom. The number of rotatable bonds is 1. The van der Waals surface area contributed by atoms with Crippen LogP contribution in [-0.2, 0) is 4.79 Å². The highest BCUT2D eigenvalue weighted by molar-refractivity contribution is 7.12. The van der Waals surface area contributed by atoms with Gasteiger partial charge in [-0.05, 0) is 25.5 Å². The summed E-state index contributed by atoms with van der Waals surface area (Å²) in [6, 6.07) is 2.46. The second-order valence-corrected chi connectivity index (χ2v) is 4.65. The van der Waals surface area contributed by atoms with Gasteiger partial charge in [0.05, 0.1) is 12.5 Å². The van der Waals surface area contributed by atoms with E-state index >= 15 is 0 Å². The topological polar surface area (TPSA) is 29.1 Å². The van der Waals surface area contributed by atoms with Crippen molar-refractivity contribution in [3.63, 3.8) is 0 Å². The van der Waals surface area contributed by atoms with Crippen LogP contribution in [0.15, 0.2) is 6.07 Å². The maximum atomic E-state index is 10.7. The molecule has 1 atom stereocenters. The number of carbonyl (C=O) groups is 1. The Hall–Kier alpha value is -0.830. The Morgan fingerprint density at radius 1 is 1.58 bits per heavy atom. The predicted octanol–water partition coefficient (Wildman–Crippen LogP) is 1.93. The fourth-order valence-electron chi connectivity index (χ4n) is 1.54. The van der Waals surface area contributed by atoms with Crippen LogP contribution >= 0.6 is 11.3 Å². The lowest BCUT2D eigenvalue weighted by Crippen LogP contribution is -2.41. The van der Waals surface area contributed by atoms with Crippen molar-refractivity contribution in [1.29, 1.82) is 0 Å². The number of carbonyl (C=O) groups excluding carboxylic acids is 1. The van der Waals surface area contributed by atoms with Crippen molar-refractivity contribution in [2.24, 2.45) is 0 Å². The van der Waals surface area contributed by atoms with Gasteiger partial charge in [0.1, 0.15) is 0 Å². The summed E-state index contributed by atoms with van der Waals surface area (Å²) in [5, 5.41) is 2.88. The maximum Gasteiger partial charge on any atom is 0.222 e. The van der Waals surface area contributed by atoms with Crippen molar-refractivity contribution < 1.29 is 4.79 Å². The van der Waals surface area contributed by atoms with Crippen molar-refractivity contribution in [3.8, 4) is 0 Å². The zero-order valence-electron chi connectivity index (χ0n) is 7.18. The van der Waals surface area contributed by atoms with Crippen molar-refractivity contribution in [2.75, 3.05) is 0 Å². The third kappa shape index (κ3) is 1.14. The Balaban J connectivity index is 2.23. The molecule has 64 valence electrons. The second-order valence-electron chi connectivity index (χ2n) is 3.19. The third-order valence-corrected chi connectivity index (χ3v) is 3.16. The first kappa shape index (κ1) is 7.80. The van der Waals surface area contributed by atoms with Gasteiger partial charge in [-0.25, -0.2) is 0 Å². The fourth-order valence-corrected chi connectivity index (χ4v) is 2.53. The highest BCUT2D eigenvalue weighted by Gasteiger charge is 2.28. The summed E-state index contributed by atoms with van der Waals surface area (Å²) in [6.07, 6.45) is 0.664. The van der Waals surface area contributed by atoms with Gasteiger partial charge in [0.2, 0.25) is 5.91 Å². The van der Waals surface area contributed by atoms with Gasteiger partial charge in [0, 0.05) is 9.75 Å². The average molecular weight is 181 g/mol. The Labute approximate surface area is 75.6 Å². The zero-order valence-corrected chi connectivity index (χ0v) is 7.99. The van der Waals surface area contributed by atoms with Crippen LogP contribution in [-0.4, -0.2) is 5.91 Å². The summed E-state index contributed by atoms with van der Waals surface area (Å²) in [6.45, 7) is 4.21. The van der Waals surface area contributed by atoms with E-state index in [-0.39, 0.29) is 5.91 Å². The van der Waals surface area contributed by atoms with Gasteiger partial charge in [-0.3, -0.25) is 4.79 Å². The molecule has 3 heteroatoms. The molecule has 1 N–H and O–H groups in total. The summed E-state index contributed by atoms with van der Waals surface area (Å²) in [5.74, 6) is 0.170. The van der Waals surface area contributed by atoms with Gasteiger partial charge in [-0.15, -0.1) is 11.3 Å². The van der Waals surface area contributed by atoms with Crippen LogP contribution in [0.5, 0.6) is 0 Å². The molecule has 0 spiro atoms. The lowest BCUT2D eigenvalue weighted by molar-refractivity contribution is -0.128. The van der Waals surface area contributed by atoms with Gasteiger partial charge in [0.25, 0.3) is 0 Å². The lowest BCUT2D eigenvalue weighted by atomic mass is 9.98. The van der Waals surface area contributed by atoms with Crippen LogP contribution in [0.1, 0.15) is 27.8 Å². The molecule has 0 saturated carbocycles. The van der Waals surface area contributed by atoms with Gasteiger partial charge >= 0.3 is 0 Å². The first-order valence-corrected chi connectivity index (χ1v) is 4.85. The molecule has 0 bridgehead atoms. The van der Waals surface area contributed by atoms with E-state index in [1.165, 1.54) is 15.3 Å². The molecule has 0 aliphatic carbocycles. The summed E-state index contributed by atoms with van der Waals surface area (Å²) in [5.41, 5.74) is 1.30. The molecule has 1 saturated heterocycles. The standard InChI is InChI=1S/C9H11NOS/c1-5-3-7(6(2)12-5)8-4-9(11)10-8/h3,8H,4H2,1-2H3,(H,10,11). The Bertz CT molecular complexity index is 321. The van der Waals surface area contributed by atoms with Crippen molar-refractivity contribution in [1.82, 2.24) is 5.32 Å². The number of nitrogens with one attached hydrogen (secondary N) is 1. The molecule has 2 rings (SSSR count). The SMILES string of the molecule is Cc1cc(C2CC(=O)N2)c(C)s1. The van der Waals surface area contributed by atoms with Crippen LogP contribution in [0.25, 0.3) is 0 Å². The monoisotopic (exact) mass is 181 g/mol.